The van der Waals surface area contributed by atoms with Gasteiger partial charge in [-0.25, -0.2) is 0 Å². The quantitative estimate of drug-likeness (QED) is 0.466. The van der Waals surface area contributed by atoms with Crippen LogP contribution in [0.3, 0.4) is 0 Å². The third kappa shape index (κ3) is 1.67. The third-order valence-corrected chi connectivity index (χ3v) is 4.81. The molecule has 1 heterocycles. The minimum Gasteiger partial charge on any atom is -0.143 e. The van der Waals surface area contributed by atoms with Gasteiger partial charge in [-0.3, -0.25) is 0 Å². The largest absolute Gasteiger partial charge is 0.143 e. The lowest BCUT2D eigenvalue weighted by atomic mass is 10.2. The predicted octanol–water partition coefficient (Wildman–Crippen LogP) is 4.65. The van der Waals surface area contributed by atoms with Gasteiger partial charge in [0, 0.05) is 31.1 Å². The van der Waals surface area contributed by atoms with Gasteiger partial charge in [0.1, 0.15) is 0 Å². The molecular weight excluding hydrogens is 252 g/mol. The van der Waals surface area contributed by atoms with Gasteiger partial charge in [0.15, 0.2) is 0 Å². The van der Waals surface area contributed by atoms with Crippen molar-refractivity contribution in [2.45, 2.75) is 15.7 Å². The summed E-state index contributed by atoms with van der Waals surface area (Å²) < 4.78 is 1.27. The number of hydrogen-bond acceptors (Lipinski definition) is 3. The van der Waals surface area contributed by atoms with Crippen molar-refractivity contribution < 1.29 is 0 Å². The van der Waals surface area contributed by atoms with E-state index in [1.807, 2.05) is 6.07 Å². The highest BCUT2D eigenvalue weighted by Crippen LogP contribution is 2.37. The van der Waals surface area contributed by atoms with Crippen molar-refractivity contribution in [1.29, 1.82) is 0 Å². The monoisotopic (exact) mass is 260 g/mol. The van der Waals surface area contributed by atoms with Crippen LogP contribution in [0.1, 0.15) is 5.56 Å². The number of thiophene rings is 1. The van der Waals surface area contributed by atoms with E-state index in [1.54, 1.807) is 23.1 Å². The summed E-state index contributed by atoms with van der Waals surface area (Å²) in [5.41, 5.74) is 1.15. The van der Waals surface area contributed by atoms with E-state index >= 15 is 0 Å². The van der Waals surface area contributed by atoms with E-state index in [4.69, 9.17) is 11.6 Å². The molecule has 2 rings (SSSR count). The number of fused-ring (bicyclic) bond motifs is 1. The highest BCUT2D eigenvalue weighted by Gasteiger charge is 2.09. The molecule has 0 nitrogen and oxygen atoms in total. The highest BCUT2D eigenvalue weighted by molar-refractivity contribution is 7.99. The number of benzene rings is 1. The molecule has 0 radical (unpaired) electrons. The first-order valence-electron chi connectivity index (χ1n) is 4.10. The average Bonchev–Trinajstić information content (AvgIpc) is 2.60. The number of hydrogen-bond donors (Lipinski definition) is 1. The van der Waals surface area contributed by atoms with Crippen LogP contribution in [0, 0.1) is 0 Å². The van der Waals surface area contributed by atoms with E-state index in [2.05, 4.69) is 30.3 Å². The van der Waals surface area contributed by atoms with Gasteiger partial charge in [0.05, 0.1) is 0 Å². The standard InChI is InChI=1S/C10H9ClS3/c1-13-9-5-14-10-6(9)2-3-8(12)7(10)4-11/h2-3,5,12H,4H2,1H3. The Labute approximate surface area is 102 Å². The molecule has 0 amide bonds. The van der Waals surface area contributed by atoms with Crippen molar-refractivity contribution >= 4 is 57.4 Å². The Hall–Kier alpha value is 0.170. The molecule has 0 fully saturated rings. The third-order valence-electron chi connectivity index (χ3n) is 2.14. The lowest BCUT2D eigenvalue weighted by Crippen LogP contribution is -1.81. The van der Waals surface area contributed by atoms with Gasteiger partial charge < -0.3 is 0 Å². The number of rotatable bonds is 2. The first-order valence-corrected chi connectivity index (χ1v) is 7.18. The van der Waals surface area contributed by atoms with E-state index in [9.17, 15) is 0 Å². The van der Waals surface area contributed by atoms with Crippen LogP contribution in [0.25, 0.3) is 10.1 Å². The van der Waals surface area contributed by atoms with Gasteiger partial charge in [-0.15, -0.1) is 47.3 Å². The Morgan fingerprint density at radius 2 is 2.29 bits per heavy atom. The molecule has 14 heavy (non-hydrogen) atoms. The number of halogens is 1. The molecule has 0 unspecified atom stereocenters. The van der Waals surface area contributed by atoms with Gasteiger partial charge in [0.25, 0.3) is 0 Å². The van der Waals surface area contributed by atoms with Crippen molar-refractivity contribution in [2.75, 3.05) is 6.26 Å². The van der Waals surface area contributed by atoms with Crippen molar-refractivity contribution in [3.63, 3.8) is 0 Å². The second-order valence-corrected chi connectivity index (χ2v) is 5.35. The maximum atomic E-state index is 5.91. The molecule has 0 atom stereocenters. The first kappa shape index (κ1) is 10.7. The minimum absolute atomic E-state index is 0.532. The molecule has 0 aliphatic rings. The molecule has 0 aliphatic carbocycles. The van der Waals surface area contributed by atoms with Crippen LogP contribution in [0.4, 0.5) is 0 Å². The van der Waals surface area contributed by atoms with E-state index in [0.29, 0.717) is 5.88 Å². The first-order chi connectivity index (χ1) is 6.77. The lowest BCUT2D eigenvalue weighted by Gasteiger charge is -2.02. The van der Waals surface area contributed by atoms with Crippen LogP contribution >= 0.6 is 47.3 Å². The zero-order valence-corrected chi connectivity index (χ0v) is 10.9. The summed E-state index contributed by atoms with van der Waals surface area (Å²) >= 11 is 13.8. The average molecular weight is 261 g/mol. The SMILES string of the molecule is CSc1csc2c(CCl)c(S)ccc12. The van der Waals surface area contributed by atoms with E-state index in [-0.39, 0.29) is 0 Å². The van der Waals surface area contributed by atoms with Crippen LogP contribution in [0.2, 0.25) is 0 Å². The maximum absolute atomic E-state index is 5.91. The number of thioether (sulfide) groups is 1. The smallest absolute Gasteiger partial charge is 0.0499 e. The summed E-state index contributed by atoms with van der Waals surface area (Å²) in [6, 6.07) is 4.14. The minimum atomic E-state index is 0.532. The molecule has 1 aromatic carbocycles. The molecule has 0 N–H and O–H groups in total. The molecule has 0 spiro atoms. The number of thiol groups is 1. The molecule has 0 aliphatic heterocycles. The molecule has 0 bridgehead atoms. The zero-order chi connectivity index (χ0) is 10.1. The summed E-state index contributed by atoms with van der Waals surface area (Å²) in [6.45, 7) is 0. The van der Waals surface area contributed by atoms with E-state index in [0.717, 1.165) is 10.5 Å². The van der Waals surface area contributed by atoms with Crippen molar-refractivity contribution in [1.82, 2.24) is 0 Å². The summed E-state index contributed by atoms with van der Waals surface area (Å²) in [6.07, 6.45) is 2.09. The van der Waals surface area contributed by atoms with Crippen LogP contribution < -0.4 is 0 Å². The molecule has 0 saturated heterocycles. The summed E-state index contributed by atoms with van der Waals surface area (Å²) in [7, 11) is 0. The van der Waals surface area contributed by atoms with Crippen molar-refractivity contribution in [2.24, 2.45) is 0 Å². The fraction of sp³-hybridized carbons (Fsp3) is 0.200. The molecular formula is C10H9ClS3. The second-order valence-electron chi connectivity index (χ2n) is 2.88. The van der Waals surface area contributed by atoms with Crippen LogP contribution in [-0.2, 0) is 5.88 Å². The number of alkyl halides is 1. The Balaban J connectivity index is 2.76. The van der Waals surface area contributed by atoms with Gasteiger partial charge in [-0.1, -0.05) is 6.07 Å². The maximum Gasteiger partial charge on any atom is 0.0499 e. The van der Waals surface area contributed by atoms with Crippen molar-refractivity contribution in [3.8, 4) is 0 Å². The Bertz CT molecular complexity index is 462. The lowest BCUT2D eigenvalue weighted by molar-refractivity contribution is 1.32. The predicted molar refractivity (Wildman–Crippen MR) is 70.4 cm³/mol. The molecule has 0 saturated carbocycles. The molecule has 4 heteroatoms. The van der Waals surface area contributed by atoms with E-state index < -0.39 is 0 Å². The van der Waals surface area contributed by atoms with Crippen LogP contribution in [-0.4, -0.2) is 6.26 Å². The fourth-order valence-corrected chi connectivity index (χ4v) is 4.17. The van der Waals surface area contributed by atoms with Crippen LogP contribution in [0.15, 0.2) is 27.3 Å². The molecule has 2 aromatic rings. The molecule has 74 valence electrons. The Morgan fingerprint density at radius 3 is 2.93 bits per heavy atom. The van der Waals surface area contributed by atoms with Crippen LogP contribution in [0.5, 0.6) is 0 Å². The highest BCUT2D eigenvalue weighted by atomic mass is 35.5. The normalized spacial score (nSPS) is 11.1. The summed E-state index contributed by atoms with van der Waals surface area (Å²) in [4.78, 5) is 2.31. The van der Waals surface area contributed by atoms with E-state index in [1.165, 1.54) is 15.0 Å². The topological polar surface area (TPSA) is 0 Å². The Morgan fingerprint density at radius 1 is 1.50 bits per heavy atom. The fourth-order valence-electron chi connectivity index (χ4n) is 1.41. The Kier molecular flexibility index (Phi) is 3.32. The second kappa shape index (κ2) is 4.35. The van der Waals surface area contributed by atoms with Gasteiger partial charge >= 0.3 is 0 Å². The van der Waals surface area contributed by atoms with Gasteiger partial charge in [-0.05, 0) is 17.9 Å². The van der Waals surface area contributed by atoms with Crippen molar-refractivity contribution in [3.05, 3.63) is 23.1 Å². The van der Waals surface area contributed by atoms with Gasteiger partial charge in [-0.2, -0.15) is 0 Å². The zero-order valence-electron chi connectivity index (χ0n) is 7.58. The summed E-state index contributed by atoms with van der Waals surface area (Å²) in [5.74, 6) is 0.532. The summed E-state index contributed by atoms with van der Waals surface area (Å²) in [5, 5.41) is 3.48. The van der Waals surface area contributed by atoms with Gasteiger partial charge in [0.2, 0.25) is 0 Å². The molecule has 1 aromatic heterocycles.